The van der Waals surface area contributed by atoms with E-state index in [9.17, 15) is 0 Å². The molecule has 4 bridgehead atoms. The van der Waals surface area contributed by atoms with Crippen LogP contribution in [0, 0.1) is 0 Å². The average Bonchev–Trinajstić information content (AvgIpc) is 3.33. The van der Waals surface area contributed by atoms with E-state index >= 15 is 0 Å². The molecule has 4 heteroatoms. The molecule has 4 atom stereocenters. The molecular weight excluding hydrogens is 363 g/mol. The summed E-state index contributed by atoms with van der Waals surface area (Å²) >= 11 is 0. The minimum Gasteiger partial charge on any atom is -1.00 e. The van der Waals surface area contributed by atoms with Gasteiger partial charge in [0.1, 0.15) is 0 Å². The summed E-state index contributed by atoms with van der Waals surface area (Å²) in [6, 6.07) is 4.41. The molecule has 152 valence electrons. The third-order valence-corrected chi connectivity index (χ3v) is 9.52. The first kappa shape index (κ1) is 21.2. The Morgan fingerprint density at radius 2 is 0.615 bits per heavy atom. The van der Waals surface area contributed by atoms with E-state index in [0.29, 0.717) is 0 Å². The Bertz CT molecular complexity index is 379. The monoisotopic (exact) mass is 402 g/mol. The van der Waals surface area contributed by atoms with Crippen molar-refractivity contribution in [2.24, 2.45) is 0 Å². The maximum atomic E-state index is 1.58. The molecule has 6 saturated heterocycles. The highest BCUT2D eigenvalue weighted by Gasteiger charge is 2.53. The number of piperidine rings is 2. The van der Waals surface area contributed by atoms with Crippen LogP contribution in [0.2, 0.25) is 0 Å². The van der Waals surface area contributed by atoms with Crippen LogP contribution in [-0.4, -0.2) is 59.3 Å². The fourth-order valence-electron chi connectivity index (χ4n) is 8.49. The third kappa shape index (κ3) is 3.25. The summed E-state index contributed by atoms with van der Waals surface area (Å²) in [5.41, 5.74) is 0. The second-order valence-corrected chi connectivity index (χ2v) is 10.1. The van der Waals surface area contributed by atoms with Gasteiger partial charge in [-0.05, 0) is 38.5 Å². The Labute approximate surface area is 174 Å². The molecule has 0 aliphatic carbocycles. The van der Waals surface area contributed by atoms with E-state index < -0.39 is 0 Å². The highest BCUT2D eigenvalue weighted by atomic mass is 35.5. The third-order valence-electron chi connectivity index (χ3n) is 9.52. The maximum absolute atomic E-state index is 1.58. The van der Waals surface area contributed by atoms with Crippen molar-refractivity contribution in [1.82, 2.24) is 0 Å². The smallest absolute Gasteiger partial charge is 0.0894 e. The predicted molar refractivity (Wildman–Crippen MR) is 99.8 cm³/mol. The second kappa shape index (κ2) is 8.47. The largest absolute Gasteiger partial charge is 1.00 e. The number of halogens is 2. The van der Waals surface area contributed by atoms with E-state index in [-0.39, 0.29) is 24.8 Å². The minimum atomic E-state index is 0. The van der Waals surface area contributed by atoms with Gasteiger partial charge in [0.05, 0.1) is 50.3 Å². The molecule has 2 nitrogen and oxygen atoms in total. The summed E-state index contributed by atoms with van der Waals surface area (Å²) in [5.74, 6) is 0. The molecule has 0 saturated carbocycles. The lowest BCUT2D eigenvalue weighted by Crippen LogP contribution is -3.00. The van der Waals surface area contributed by atoms with Gasteiger partial charge in [0.2, 0.25) is 0 Å². The number of hydrogen-bond donors (Lipinski definition) is 0. The first-order valence-electron chi connectivity index (χ1n) is 11.6. The van der Waals surface area contributed by atoms with Crippen molar-refractivity contribution < 1.29 is 33.8 Å². The van der Waals surface area contributed by atoms with Crippen molar-refractivity contribution in [1.29, 1.82) is 0 Å². The van der Waals surface area contributed by atoms with E-state index in [1.165, 1.54) is 64.7 Å². The summed E-state index contributed by atoms with van der Waals surface area (Å²) in [6.45, 7) is 6.15. The van der Waals surface area contributed by atoms with Crippen molar-refractivity contribution in [2.45, 2.75) is 114 Å². The molecule has 0 amide bonds. The van der Waals surface area contributed by atoms with Crippen molar-refractivity contribution in [3.05, 3.63) is 0 Å². The summed E-state index contributed by atoms with van der Waals surface area (Å²) < 4.78 is 3.17. The number of hydrogen-bond acceptors (Lipinski definition) is 0. The molecule has 0 aromatic carbocycles. The number of rotatable bonds is 0. The lowest BCUT2D eigenvalue weighted by atomic mass is 10.00. The average molecular weight is 403 g/mol. The quantitative estimate of drug-likeness (QED) is 0.438. The molecule has 2 spiro atoms. The molecule has 0 aromatic heterocycles. The second-order valence-electron chi connectivity index (χ2n) is 10.1. The first-order chi connectivity index (χ1) is 11.8. The van der Waals surface area contributed by atoms with Crippen molar-refractivity contribution >= 4 is 0 Å². The van der Waals surface area contributed by atoms with Crippen LogP contribution in [0.4, 0.5) is 0 Å². The minimum absolute atomic E-state index is 0. The molecule has 6 heterocycles. The van der Waals surface area contributed by atoms with Crippen molar-refractivity contribution in [3.8, 4) is 0 Å². The fourth-order valence-corrected chi connectivity index (χ4v) is 8.49. The van der Waals surface area contributed by atoms with Gasteiger partial charge in [0.25, 0.3) is 0 Å². The topological polar surface area (TPSA) is 0 Å². The molecular formula is C22H40Cl2N2. The van der Waals surface area contributed by atoms with Gasteiger partial charge in [0.15, 0.2) is 0 Å². The van der Waals surface area contributed by atoms with Gasteiger partial charge in [0, 0.05) is 51.4 Å². The van der Waals surface area contributed by atoms with Gasteiger partial charge in [-0.3, -0.25) is 0 Å². The van der Waals surface area contributed by atoms with E-state index in [1.54, 1.807) is 60.3 Å². The SMILES string of the molecule is C1CC2CCC(C1)[N+]21CCCC1.C1CC2CCC(C1)[N+]21CCCC1.[Cl-].[Cl-]. The van der Waals surface area contributed by atoms with Gasteiger partial charge in [-0.1, -0.05) is 0 Å². The Morgan fingerprint density at radius 3 is 0.885 bits per heavy atom. The molecule has 6 rings (SSSR count). The van der Waals surface area contributed by atoms with Crippen molar-refractivity contribution in [3.63, 3.8) is 0 Å². The van der Waals surface area contributed by atoms with Crippen LogP contribution in [0.15, 0.2) is 0 Å². The molecule has 6 fully saturated rings. The zero-order valence-electron chi connectivity index (χ0n) is 16.7. The molecule has 0 radical (unpaired) electrons. The van der Waals surface area contributed by atoms with E-state index in [1.807, 2.05) is 0 Å². The Balaban J connectivity index is 0.000000140. The summed E-state index contributed by atoms with van der Waals surface area (Å²) in [5, 5.41) is 0. The van der Waals surface area contributed by atoms with E-state index in [0.717, 1.165) is 24.2 Å². The van der Waals surface area contributed by atoms with Crippen LogP contribution in [-0.2, 0) is 0 Å². The van der Waals surface area contributed by atoms with Crippen LogP contribution < -0.4 is 24.8 Å². The van der Waals surface area contributed by atoms with Gasteiger partial charge < -0.3 is 33.8 Å². The lowest BCUT2D eigenvalue weighted by Gasteiger charge is -2.44. The maximum Gasteiger partial charge on any atom is 0.0894 e. The lowest BCUT2D eigenvalue weighted by molar-refractivity contribution is -0.955. The van der Waals surface area contributed by atoms with Gasteiger partial charge in [-0.25, -0.2) is 0 Å². The highest BCUT2D eigenvalue weighted by molar-refractivity contribution is 4.85. The molecule has 4 unspecified atom stereocenters. The van der Waals surface area contributed by atoms with Crippen LogP contribution in [0.25, 0.3) is 0 Å². The normalized spacial score (nSPS) is 40.6. The first-order valence-corrected chi connectivity index (χ1v) is 11.6. The predicted octanol–water partition coefficient (Wildman–Crippen LogP) is -1.37. The molecule has 0 aromatic rings. The molecule has 26 heavy (non-hydrogen) atoms. The zero-order chi connectivity index (χ0) is 16.0. The Hall–Kier alpha value is 0.500. The number of quaternary nitrogens is 2. The summed E-state index contributed by atoms with van der Waals surface area (Å²) in [7, 11) is 0. The Morgan fingerprint density at radius 1 is 0.346 bits per heavy atom. The van der Waals surface area contributed by atoms with Crippen LogP contribution >= 0.6 is 0 Å². The van der Waals surface area contributed by atoms with Gasteiger partial charge >= 0.3 is 0 Å². The van der Waals surface area contributed by atoms with E-state index in [2.05, 4.69) is 0 Å². The Kier molecular flexibility index (Phi) is 6.91. The van der Waals surface area contributed by atoms with Crippen LogP contribution in [0.5, 0.6) is 0 Å². The van der Waals surface area contributed by atoms with Gasteiger partial charge in [-0.15, -0.1) is 0 Å². The van der Waals surface area contributed by atoms with Crippen molar-refractivity contribution in [2.75, 3.05) is 26.2 Å². The molecule has 6 aliphatic heterocycles. The standard InChI is InChI=1S/2C11H20N.2ClH/c2*1-2-9-12(8-1)10-4-3-5-11(12)7-6-10;;/h2*10-11H,1-9H2;2*1H/q2*+1;;/p-2. The molecule has 0 N–H and O–H groups in total. The zero-order valence-corrected chi connectivity index (χ0v) is 18.2. The highest BCUT2D eigenvalue weighted by Crippen LogP contribution is 2.46. The van der Waals surface area contributed by atoms with E-state index in [4.69, 9.17) is 0 Å². The summed E-state index contributed by atoms with van der Waals surface area (Å²) in [6.07, 6.45) is 21.6. The van der Waals surface area contributed by atoms with Gasteiger partial charge in [-0.2, -0.15) is 0 Å². The number of nitrogens with zero attached hydrogens (tertiary/aromatic N) is 2. The summed E-state index contributed by atoms with van der Waals surface area (Å²) in [4.78, 5) is 0. The fraction of sp³-hybridized carbons (Fsp3) is 1.00. The van der Waals surface area contributed by atoms with Crippen LogP contribution in [0.3, 0.4) is 0 Å². The molecule has 6 aliphatic rings. The van der Waals surface area contributed by atoms with Crippen LogP contribution in [0.1, 0.15) is 89.9 Å².